The molecule has 0 unspecified atom stereocenters. The van der Waals surface area contributed by atoms with Gasteiger partial charge in [-0.05, 0) is 13.8 Å². The van der Waals surface area contributed by atoms with Gasteiger partial charge >= 0.3 is 0 Å². The van der Waals surface area contributed by atoms with E-state index in [1.54, 1.807) is 26.6 Å². The van der Waals surface area contributed by atoms with Crippen LogP contribution in [0.5, 0.6) is 0 Å². The standard InChI is InChI=1S/C10H17N3O2/c1-10(2,7-15-4)12-8-9(14)13(3)6-5-11-8/h5-6H,7H2,1-4H3,(H,11,12). The predicted molar refractivity (Wildman–Crippen MR) is 59.1 cm³/mol. The van der Waals surface area contributed by atoms with E-state index in [1.807, 2.05) is 13.8 Å². The fourth-order valence-electron chi connectivity index (χ4n) is 1.30. The van der Waals surface area contributed by atoms with Crippen LogP contribution in [0.2, 0.25) is 0 Å². The number of aryl methyl sites for hydroxylation is 1. The number of ether oxygens (including phenoxy) is 1. The maximum absolute atomic E-state index is 11.6. The average molecular weight is 211 g/mol. The molecule has 0 radical (unpaired) electrons. The normalized spacial score (nSPS) is 11.5. The van der Waals surface area contributed by atoms with Crippen LogP contribution in [0, 0.1) is 0 Å². The Morgan fingerprint density at radius 1 is 1.60 bits per heavy atom. The Bertz CT molecular complexity index is 384. The zero-order valence-electron chi connectivity index (χ0n) is 9.57. The molecule has 1 aromatic rings. The van der Waals surface area contributed by atoms with Gasteiger partial charge < -0.3 is 14.6 Å². The van der Waals surface area contributed by atoms with Crippen molar-refractivity contribution in [2.24, 2.45) is 7.05 Å². The average Bonchev–Trinajstić information content (AvgIpc) is 2.12. The molecule has 0 aliphatic rings. The number of nitrogens with zero attached hydrogens (tertiary/aromatic N) is 2. The SMILES string of the molecule is COCC(C)(C)Nc1nccn(C)c1=O. The zero-order chi connectivity index (χ0) is 11.5. The molecule has 0 saturated carbocycles. The molecule has 15 heavy (non-hydrogen) atoms. The van der Waals surface area contributed by atoms with Crippen LogP contribution in [0.15, 0.2) is 17.2 Å². The van der Waals surface area contributed by atoms with E-state index in [-0.39, 0.29) is 11.1 Å². The van der Waals surface area contributed by atoms with Crippen molar-refractivity contribution in [1.82, 2.24) is 9.55 Å². The maximum atomic E-state index is 11.6. The molecule has 0 aliphatic heterocycles. The number of aromatic nitrogens is 2. The fraction of sp³-hybridized carbons (Fsp3) is 0.600. The number of nitrogens with one attached hydrogen (secondary N) is 1. The van der Waals surface area contributed by atoms with Gasteiger partial charge in [0.25, 0.3) is 5.56 Å². The van der Waals surface area contributed by atoms with E-state index in [0.717, 1.165) is 0 Å². The van der Waals surface area contributed by atoms with Crippen LogP contribution in [-0.2, 0) is 11.8 Å². The predicted octanol–water partition coefficient (Wildman–Crippen LogP) is 0.617. The summed E-state index contributed by atoms with van der Waals surface area (Å²) >= 11 is 0. The monoisotopic (exact) mass is 211 g/mol. The van der Waals surface area contributed by atoms with Gasteiger partial charge in [-0.15, -0.1) is 0 Å². The molecule has 1 aromatic heterocycles. The fourth-order valence-corrected chi connectivity index (χ4v) is 1.30. The second-order valence-corrected chi connectivity index (χ2v) is 4.13. The summed E-state index contributed by atoms with van der Waals surface area (Å²) in [6.45, 7) is 4.40. The molecule has 0 aromatic carbocycles. The van der Waals surface area contributed by atoms with E-state index >= 15 is 0 Å². The number of rotatable bonds is 4. The highest BCUT2D eigenvalue weighted by atomic mass is 16.5. The zero-order valence-corrected chi connectivity index (χ0v) is 9.57. The van der Waals surface area contributed by atoms with Gasteiger partial charge in [0.05, 0.1) is 12.1 Å². The summed E-state index contributed by atoms with van der Waals surface area (Å²) in [4.78, 5) is 15.7. The number of anilines is 1. The van der Waals surface area contributed by atoms with Gasteiger partial charge in [-0.2, -0.15) is 0 Å². The molecule has 0 atom stereocenters. The Morgan fingerprint density at radius 2 is 2.27 bits per heavy atom. The van der Waals surface area contributed by atoms with E-state index in [4.69, 9.17) is 4.74 Å². The van der Waals surface area contributed by atoms with Gasteiger partial charge in [-0.1, -0.05) is 0 Å². The van der Waals surface area contributed by atoms with E-state index in [2.05, 4.69) is 10.3 Å². The molecule has 5 nitrogen and oxygen atoms in total. The van der Waals surface area contributed by atoms with Crippen molar-refractivity contribution >= 4 is 5.82 Å². The summed E-state index contributed by atoms with van der Waals surface area (Å²) in [7, 11) is 3.32. The van der Waals surface area contributed by atoms with Crippen LogP contribution in [0.3, 0.4) is 0 Å². The smallest absolute Gasteiger partial charge is 0.293 e. The van der Waals surface area contributed by atoms with E-state index < -0.39 is 0 Å². The van der Waals surface area contributed by atoms with Crippen molar-refractivity contribution in [3.05, 3.63) is 22.7 Å². The van der Waals surface area contributed by atoms with E-state index in [0.29, 0.717) is 12.4 Å². The lowest BCUT2D eigenvalue weighted by atomic mass is 10.1. The Balaban J connectivity index is 2.90. The van der Waals surface area contributed by atoms with Crippen molar-refractivity contribution in [2.45, 2.75) is 19.4 Å². The molecule has 0 spiro atoms. The second-order valence-electron chi connectivity index (χ2n) is 4.13. The Labute approximate surface area is 89.1 Å². The largest absolute Gasteiger partial charge is 0.382 e. The molecule has 0 amide bonds. The van der Waals surface area contributed by atoms with Gasteiger partial charge in [0, 0.05) is 26.6 Å². The lowest BCUT2D eigenvalue weighted by Crippen LogP contribution is -2.39. The molecule has 0 fully saturated rings. The first-order valence-corrected chi connectivity index (χ1v) is 4.75. The highest BCUT2D eigenvalue weighted by molar-refractivity contribution is 5.34. The van der Waals surface area contributed by atoms with Crippen molar-refractivity contribution < 1.29 is 4.74 Å². The third kappa shape index (κ3) is 3.06. The summed E-state index contributed by atoms with van der Waals surface area (Å²) < 4.78 is 6.53. The second kappa shape index (κ2) is 4.44. The molecule has 1 rings (SSSR count). The Hall–Kier alpha value is -1.36. The third-order valence-electron chi connectivity index (χ3n) is 1.98. The first-order chi connectivity index (χ1) is 6.96. The van der Waals surface area contributed by atoms with E-state index in [1.165, 1.54) is 4.57 Å². The van der Waals surface area contributed by atoms with Crippen molar-refractivity contribution in [3.8, 4) is 0 Å². The molecule has 5 heteroatoms. The van der Waals surface area contributed by atoms with E-state index in [9.17, 15) is 4.79 Å². The lowest BCUT2D eigenvalue weighted by molar-refractivity contribution is 0.158. The summed E-state index contributed by atoms with van der Waals surface area (Å²) in [5, 5.41) is 3.06. The van der Waals surface area contributed by atoms with Crippen LogP contribution in [0.4, 0.5) is 5.82 Å². The minimum atomic E-state index is -0.310. The Morgan fingerprint density at radius 3 is 2.87 bits per heavy atom. The van der Waals surface area contributed by atoms with Gasteiger partial charge in [0.1, 0.15) is 0 Å². The first kappa shape index (κ1) is 11.7. The number of hydrogen-bond acceptors (Lipinski definition) is 4. The molecular weight excluding hydrogens is 194 g/mol. The molecule has 0 aliphatic carbocycles. The highest BCUT2D eigenvalue weighted by Gasteiger charge is 2.19. The van der Waals surface area contributed by atoms with Crippen molar-refractivity contribution in [3.63, 3.8) is 0 Å². The van der Waals surface area contributed by atoms with Crippen LogP contribution in [0.1, 0.15) is 13.8 Å². The third-order valence-corrected chi connectivity index (χ3v) is 1.98. The van der Waals surface area contributed by atoms with Crippen molar-refractivity contribution in [1.29, 1.82) is 0 Å². The molecular formula is C10H17N3O2. The van der Waals surface area contributed by atoms with Crippen LogP contribution in [-0.4, -0.2) is 28.8 Å². The summed E-state index contributed by atoms with van der Waals surface area (Å²) in [5.41, 5.74) is -0.448. The highest BCUT2D eigenvalue weighted by Crippen LogP contribution is 2.08. The number of methoxy groups -OCH3 is 1. The minimum absolute atomic E-state index is 0.137. The van der Waals surface area contributed by atoms with Gasteiger partial charge in [0.2, 0.25) is 0 Å². The summed E-state index contributed by atoms with van der Waals surface area (Å²) in [6, 6.07) is 0. The summed E-state index contributed by atoms with van der Waals surface area (Å²) in [6.07, 6.45) is 3.21. The number of hydrogen-bond donors (Lipinski definition) is 1. The molecule has 84 valence electrons. The minimum Gasteiger partial charge on any atom is -0.382 e. The maximum Gasteiger partial charge on any atom is 0.293 e. The lowest BCUT2D eigenvalue weighted by Gasteiger charge is -2.25. The molecule has 1 N–H and O–H groups in total. The first-order valence-electron chi connectivity index (χ1n) is 4.75. The van der Waals surface area contributed by atoms with Gasteiger partial charge in [-0.3, -0.25) is 4.79 Å². The van der Waals surface area contributed by atoms with Crippen LogP contribution in [0.25, 0.3) is 0 Å². The van der Waals surface area contributed by atoms with Crippen LogP contribution >= 0.6 is 0 Å². The summed E-state index contributed by atoms with van der Waals surface area (Å²) in [5.74, 6) is 0.349. The molecule has 1 heterocycles. The van der Waals surface area contributed by atoms with Crippen molar-refractivity contribution in [2.75, 3.05) is 19.0 Å². The van der Waals surface area contributed by atoms with Gasteiger partial charge in [0.15, 0.2) is 5.82 Å². The molecule has 0 saturated heterocycles. The Kier molecular flexibility index (Phi) is 3.47. The topological polar surface area (TPSA) is 56.1 Å². The molecule has 0 bridgehead atoms. The quantitative estimate of drug-likeness (QED) is 0.793. The van der Waals surface area contributed by atoms with Gasteiger partial charge in [-0.25, -0.2) is 4.98 Å². The van der Waals surface area contributed by atoms with Crippen LogP contribution < -0.4 is 10.9 Å².